The first-order chi connectivity index (χ1) is 7.72. The van der Waals surface area contributed by atoms with E-state index in [1.165, 1.54) is 6.07 Å². The lowest BCUT2D eigenvalue weighted by Crippen LogP contribution is -2.18. The van der Waals surface area contributed by atoms with Crippen LogP contribution in [-0.4, -0.2) is 17.4 Å². The molecular weight excluding hydrogens is 207 g/mol. The second-order valence-corrected chi connectivity index (χ2v) is 3.33. The minimum Gasteiger partial charge on any atom is -0.383 e. The third kappa shape index (κ3) is 1.77. The summed E-state index contributed by atoms with van der Waals surface area (Å²) in [7, 11) is 0. The van der Waals surface area contributed by atoms with E-state index in [2.05, 4.69) is 9.98 Å². The smallest absolute Gasteiger partial charge is 0.149 e. The fraction of sp³-hybridized carbons (Fsp3) is 0.182. The first kappa shape index (κ1) is 10.3. The molecule has 80 valence electrons. The van der Waals surface area contributed by atoms with E-state index >= 15 is 0 Å². The number of nitrogens with zero attached hydrogens (tertiary/aromatic N) is 3. The van der Waals surface area contributed by atoms with E-state index in [1.807, 2.05) is 12.1 Å². The zero-order valence-corrected chi connectivity index (χ0v) is 8.44. The van der Waals surface area contributed by atoms with Gasteiger partial charge in [-0.15, -0.1) is 0 Å². The van der Waals surface area contributed by atoms with Crippen LogP contribution >= 0.6 is 0 Å². The SMILES string of the molecule is N#Cc1cc(C2=CCCN=C2N)c(F)cn1. The average molecular weight is 216 g/mol. The van der Waals surface area contributed by atoms with Crippen LogP contribution in [0, 0.1) is 17.1 Å². The van der Waals surface area contributed by atoms with Gasteiger partial charge in [0, 0.05) is 17.7 Å². The Balaban J connectivity index is 2.52. The first-order valence-corrected chi connectivity index (χ1v) is 4.79. The van der Waals surface area contributed by atoms with Gasteiger partial charge in [-0.3, -0.25) is 4.99 Å². The van der Waals surface area contributed by atoms with Gasteiger partial charge in [0.2, 0.25) is 0 Å². The highest BCUT2D eigenvalue weighted by Crippen LogP contribution is 2.21. The van der Waals surface area contributed by atoms with Crippen molar-refractivity contribution in [3.63, 3.8) is 0 Å². The second-order valence-electron chi connectivity index (χ2n) is 3.33. The lowest BCUT2D eigenvalue weighted by atomic mass is 10.0. The van der Waals surface area contributed by atoms with Gasteiger partial charge in [-0.05, 0) is 12.5 Å². The predicted octanol–water partition coefficient (Wildman–Crippen LogP) is 1.24. The van der Waals surface area contributed by atoms with Gasteiger partial charge in [-0.1, -0.05) is 6.08 Å². The summed E-state index contributed by atoms with van der Waals surface area (Å²) in [5, 5.41) is 8.70. The van der Waals surface area contributed by atoms with Crippen molar-refractivity contribution >= 4 is 11.4 Å². The zero-order valence-electron chi connectivity index (χ0n) is 8.44. The third-order valence-corrected chi connectivity index (χ3v) is 2.30. The van der Waals surface area contributed by atoms with E-state index in [9.17, 15) is 4.39 Å². The highest BCUT2D eigenvalue weighted by atomic mass is 19.1. The number of aliphatic imine (C=N–C) groups is 1. The fourth-order valence-corrected chi connectivity index (χ4v) is 1.54. The summed E-state index contributed by atoms with van der Waals surface area (Å²) in [5.74, 6) is -0.189. The quantitative estimate of drug-likeness (QED) is 0.767. The average Bonchev–Trinajstić information content (AvgIpc) is 2.31. The molecule has 0 saturated carbocycles. The van der Waals surface area contributed by atoms with Gasteiger partial charge < -0.3 is 5.73 Å². The summed E-state index contributed by atoms with van der Waals surface area (Å²) in [6.45, 7) is 0.618. The van der Waals surface area contributed by atoms with Crippen molar-refractivity contribution in [2.45, 2.75) is 6.42 Å². The molecule has 0 radical (unpaired) electrons. The number of aromatic nitrogens is 1. The van der Waals surface area contributed by atoms with Crippen LogP contribution in [0.4, 0.5) is 4.39 Å². The summed E-state index contributed by atoms with van der Waals surface area (Å²) < 4.78 is 13.5. The Kier molecular flexibility index (Phi) is 2.64. The topological polar surface area (TPSA) is 75.1 Å². The van der Waals surface area contributed by atoms with Gasteiger partial charge in [-0.25, -0.2) is 9.37 Å². The highest BCUT2D eigenvalue weighted by Gasteiger charge is 2.14. The van der Waals surface area contributed by atoms with Crippen molar-refractivity contribution in [1.82, 2.24) is 4.98 Å². The molecule has 2 heterocycles. The van der Waals surface area contributed by atoms with Crippen LogP contribution in [0.1, 0.15) is 17.7 Å². The van der Waals surface area contributed by atoms with E-state index in [0.29, 0.717) is 18.0 Å². The van der Waals surface area contributed by atoms with E-state index in [-0.39, 0.29) is 11.3 Å². The van der Waals surface area contributed by atoms with Crippen LogP contribution in [0.2, 0.25) is 0 Å². The van der Waals surface area contributed by atoms with Gasteiger partial charge in [0.05, 0.1) is 6.20 Å². The van der Waals surface area contributed by atoms with Gasteiger partial charge in [-0.2, -0.15) is 5.26 Å². The lowest BCUT2D eigenvalue weighted by Gasteiger charge is -2.12. The molecule has 0 atom stereocenters. The molecule has 0 saturated heterocycles. The van der Waals surface area contributed by atoms with Gasteiger partial charge >= 0.3 is 0 Å². The molecule has 0 aromatic carbocycles. The standard InChI is InChI=1S/C11H9FN4/c12-10-6-16-7(5-13)4-9(10)8-2-1-3-15-11(8)14/h2,4,6H,1,3H2,(H2,14,15). The van der Waals surface area contributed by atoms with Gasteiger partial charge in [0.15, 0.2) is 0 Å². The molecule has 0 aliphatic carbocycles. The molecular formula is C11H9FN4. The Bertz CT molecular complexity index is 525. The molecule has 1 aromatic rings. The fourth-order valence-electron chi connectivity index (χ4n) is 1.54. The minimum absolute atomic E-state index is 0.163. The largest absolute Gasteiger partial charge is 0.383 e. The normalized spacial score (nSPS) is 15.0. The number of nitrogens with two attached hydrogens (primary N) is 1. The molecule has 0 spiro atoms. The Morgan fingerprint density at radius 1 is 1.50 bits per heavy atom. The van der Waals surface area contributed by atoms with Crippen LogP contribution in [0.15, 0.2) is 23.3 Å². The molecule has 0 bridgehead atoms. The Labute approximate surface area is 91.9 Å². The second kappa shape index (κ2) is 4.11. The molecule has 1 aliphatic rings. The van der Waals surface area contributed by atoms with Crippen LogP contribution < -0.4 is 5.73 Å². The molecule has 2 N–H and O–H groups in total. The third-order valence-electron chi connectivity index (χ3n) is 2.30. The van der Waals surface area contributed by atoms with Crippen molar-refractivity contribution in [3.8, 4) is 6.07 Å². The van der Waals surface area contributed by atoms with Gasteiger partial charge in [0.25, 0.3) is 0 Å². The van der Waals surface area contributed by atoms with Gasteiger partial charge in [0.1, 0.15) is 23.4 Å². The molecule has 1 aromatic heterocycles. The van der Waals surface area contributed by atoms with E-state index < -0.39 is 5.82 Å². The number of halogens is 1. The maximum absolute atomic E-state index is 13.5. The predicted molar refractivity (Wildman–Crippen MR) is 58.0 cm³/mol. The number of pyridine rings is 1. The van der Waals surface area contributed by atoms with Crippen LogP contribution in [0.3, 0.4) is 0 Å². The van der Waals surface area contributed by atoms with Crippen LogP contribution in [0.5, 0.6) is 0 Å². The number of rotatable bonds is 1. The molecule has 0 amide bonds. The van der Waals surface area contributed by atoms with Crippen molar-refractivity contribution in [2.24, 2.45) is 10.7 Å². The lowest BCUT2D eigenvalue weighted by molar-refractivity contribution is 0.617. The first-order valence-electron chi connectivity index (χ1n) is 4.79. The van der Waals surface area contributed by atoms with Crippen molar-refractivity contribution in [2.75, 3.05) is 6.54 Å². The van der Waals surface area contributed by atoms with Crippen LogP contribution in [-0.2, 0) is 0 Å². The maximum Gasteiger partial charge on any atom is 0.149 e. The Morgan fingerprint density at radius 3 is 3.00 bits per heavy atom. The summed E-state index contributed by atoms with van der Waals surface area (Å²) in [4.78, 5) is 7.67. The Hall–Kier alpha value is -2.22. The molecule has 2 rings (SSSR count). The number of nitriles is 1. The van der Waals surface area contributed by atoms with Crippen molar-refractivity contribution in [3.05, 3.63) is 35.4 Å². The number of hydrogen-bond acceptors (Lipinski definition) is 4. The zero-order chi connectivity index (χ0) is 11.5. The van der Waals surface area contributed by atoms with E-state index in [4.69, 9.17) is 11.0 Å². The molecule has 0 unspecified atom stereocenters. The monoisotopic (exact) mass is 216 g/mol. The van der Waals surface area contributed by atoms with Crippen LogP contribution in [0.25, 0.3) is 5.57 Å². The molecule has 5 heteroatoms. The molecule has 4 nitrogen and oxygen atoms in total. The highest BCUT2D eigenvalue weighted by molar-refractivity contribution is 6.22. The van der Waals surface area contributed by atoms with Crippen molar-refractivity contribution in [1.29, 1.82) is 5.26 Å². The van der Waals surface area contributed by atoms with E-state index in [0.717, 1.165) is 12.6 Å². The summed E-state index contributed by atoms with van der Waals surface area (Å²) in [5.41, 5.74) is 6.67. The maximum atomic E-state index is 13.5. The summed E-state index contributed by atoms with van der Waals surface area (Å²) in [6, 6.07) is 3.25. The van der Waals surface area contributed by atoms with Crippen molar-refractivity contribution < 1.29 is 4.39 Å². The number of dihydropyridines is 1. The minimum atomic E-state index is -0.495. The summed E-state index contributed by atoms with van der Waals surface area (Å²) >= 11 is 0. The molecule has 16 heavy (non-hydrogen) atoms. The Morgan fingerprint density at radius 2 is 2.31 bits per heavy atom. The summed E-state index contributed by atoms with van der Waals surface area (Å²) in [6.07, 6.45) is 3.57. The molecule has 1 aliphatic heterocycles. The van der Waals surface area contributed by atoms with E-state index in [1.54, 1.807) is 0 Å². The number of hydrogen-bond donors (Lipinski definition) is 1. The number of amidine groups is 1. The molecule has 0 fully saturated rings.